The maximum absolute atomic E-state index is 3.91. The Hall–Kier alpha value is -3.74. The van der Waals surface area contributed by atoms with Gasteiger partial charge in [-0.2, -0.15) is 9.13 Å². The number of anilines is 2. The fourth-order valence-corrected chi connectivity index (χ4v) is 7.64. The molecule has 6 rings (SSSR count). The van der Waals surface area contributed by atoms with Crippen LogP contribution in [0.15, 0.2) is 134 Å². The fraction of sp³-hybridized carbons (Fsp3) is 0.286. The Morgan fingerprint density at radius 1 is 0.438 bits per heavy atom. The Morgan fingerprint density at radius 2 is 0.812 bits per heavy atom. The Balaban J connectivity index is 0.896. The topological polar surface area (TPSA) is 31.8 Å². The Labute approximate surface area is 302 Å². The summed E-state index contributed by atoms with van der Waals surface area (Å²) in [6.45, 7) is 1.73. The summed E-state index contributed by atoms with van der Waals surface area (Å²) in [6.07, 6.45) is 14.2. The lowest BCUT2D eigenvalue weighted by Crippen LogP contribution is -2.35. The van der Waals surface area contributed by atoms with Gasteiger partial charge in [0, 0.05) is 35.4 Å². The summed E-state index contributed by atoms with van der Waals surface area (Å²) in [5.74, 6) is 0. The number of nitrogens with one attached hydrogen (secondary N) is 2. The normalized spacial score (nSPS) is 12.6. The number of benzene rings is 4. The molecular formula is C42H46Br2N4+2. The molecule has 2 aromatic heterocycles. The molecule has 2 atom stereocenters. The van der Waals surface area contributed by atoms with E-state index < -0.39 is 0 Å². The molecule has 0 saturated carbocycles. The summed E-state index contributed by atoms with van der Waals surface area (Å²) in [5, 5.41) is 9.98. The number of para-hydroxylation sites is 2. The van der Waals surface area contributed by atoms with Crippen LogP contribution >= 0.6 is 31.9 Å². The van der Waals surface area contributed by atoms with Gasteiger partial charge in [0.15, 0.2) is 25.5 Å². The van der Waals surface area contributed by atoms with Crippen LogP contribution in [0.25, 0.3) is 21.8 Å². The highest BCUT2D eigenvalue weighted by atomic mass is 79.9. The molecule has 0 bridgehead atoms. The first-order valence-corrected chi connectivity index (χ1v) is 19.2. The largest absolute Gasteiger partial charge is 0.372 e. The highest BCUT2D eigenvalue weighted by molar-refractivity contribution is 9.09. The standard InChI is InChI=1S/C42H44Br2N4/c43-41(45-37-27-29-47(31-33-17-7-5-8-18-33)39-23-15-13-21-35(37)39)25-11-3-1-2-4-12-26-42(44)46-38-28-30-48(32-34-19-9-6-10-20-34)40-24-16-14-22-36(38)40/h5-10,13-24,27-30,41-42H,1-4,11-12,25-26,31-32H2/p+2. The van der Waals surface area contributed by atoms with Crippen molar-refractivity contribution < 1.29 is 9.13 Å². The van der Waals surface area contributed by atoms with Crippen LogP contribution in [-0.4, -0.2) is 9.90 Å². The number of halogens is 2. The minimum atomic E-state index is 0.257. The number of pyridine rings is 2. The number of fused-ring (bicyclic) bond motifs is 2. The van der Waals surface area contributed by atoms with E-state index in [4.69, 9.17) is 0 Å². The van der Waals surface area contributed by atoms with Gasteiger partial charge in [0.2, 0.25) is 11.0 Å². The van der Waals surface area contributed by atoms with Gasteiger partial charge in [-0.05, 0) is 25.0 Å². The van der Waals surface area contributed by atoms with Gasteiger partial charge in [-0.25, -0.2) is 0 Å². The minimum absolute atomic E-state index is 0.257. The predicted octanol–water partition coefficient (Wildman–Crippen LogP) is 10.8. The van der Waals surface area contributed by atoms with Crippen molar-refractivity contribution in [3.8, 4) is 0 Å². The van der Waals surface area contributed by atoms with E-state index in [1.54, 1.807) is 0 Å². The zero-order valence-electron chi connectivity index (χ0n) is 27.6. The number of nitrogens with zero attached hydrogens (tertiary/aromatic N) is 2. The highest BCUT2D eigenvalue weighted by Crippen LogP contribution is 2.26. The molecule has 2 heterocycles. The van der Waals surface area contributed by atoms with Crippen LogP contribution in [0.5, 0.6) is 0 Å². The molecular weight excluding hydrogens is 720 g/mol. The van der Waals surface area contributed by atoms with Gasteiger partial charge < -0.3 is 10.6 Å². The van der Waals surface area contributed by atoms with E-state index in [2.05, 4.69) is 185 Å². The number of rotatable bonds is 17. The van der Waals surface area contributed by atoms with Crippen LogP contribution in [0.4, 0.5) is 11.4 Å². The van der Waals surface area contributed by atoms with Crippen molar-refractivity contribution in [2.24, 2.45) is 0 Å². The maximum Gasteiger partial charge on any atom is 0.214 e. The molecule has 0 amide bonds. The molecule has 4 aromatic carbocycles. The molecule has 246 valence electrons. The van der Waals surface area contributed by atoms with Crippen molar-refractivity contribution in [2.45, 2.75) is 74.4 Å². The average Bonchev–Trinajstić information content (AvgIpc) is 3.12. The van der Waals surface area contributed by atoms with E-state index in [1.165, 1.54) is 82.8 Å². The second kappa shape index (κ2) is 17.6. The zero-order chi connectivity index (χ0) is 33.0. The van der Waals surface area contributed by atoms with Crippen LogP contribution in [0.3, 0.4) is 0 Å². The molecule has 0 aliphatic rings. The highest BCUT2D eigenvalue weighted by Gasteiger charge is 2.16. The third kappa shape index (κ3) is 9.45. The molecule has 0 aliphatic carbocycles. The lowest BCUT2D eigenvalue weighted by atomic mass is 10.1. The molecule has 0 spiro atoms. The van der Waals surface area contributed by atoms with Gasteiger partial charge in [-0.1, -0.05) is 155 Å². The number of unbranched alkanes of at least 4 members (excludes halogenated alkanes) is 5. The molecule has 0 saturated heterocycles. The van der Waals surface area contributed by atoms with Crippen molar-refractivity contribution in [3.63, 3.8) is 0 Å². The number of hydrogen-bond acceptors (Lipinski definition) is 2. The number of hydrogen-bond donors (Lipinski definition) is 2. The van der Waals surface area contributed by atoms with Gasteiger partial charge in [-0.3, -0.25) is 0 Å². The Bertz CT molecular complexity index is 1740. The second-order valence-corrected chi connectivity index (χ2v) is 14.9. The van der Waals surface area contributed by atoms with E-state index in [0.29, 0.717) is 0 Å². The smallest absolute Gasteiger partial charge is 0.214 e. The lowest BCUT2D eigenvalue weighted by molar-refractivity contribution is -0.662. The van der Waals surface area contributed by atoms with Crippen LogP contribution in [0, 0.1) is 0 Å². The van der Waals surface area contributed by atoms with Gasteiger partial charge >= 0.3 is 0 Å². The summed E-state index contributed by atoms with van der Waals surface area (Å²) >= 11 is 7.82. The van der Waals surface area contributed by atoms with Gasteiger partial charge in [-0.15, -0.1) is 0 Å². The lowest BCUT2D eigenvalue weighted by Gasteiger charge is -2.16. The monoisotopic (exact) mass is 764 g/mol. The third-order valence-corrected chi connectivity index (χ3v) is 10.4. The quantitative estimate of drug-likeness (QED) is 0.0419. The van der Waals surface area contributed by atoms with Gasteiger partial charge in [0.05, 0.1) is 32.0 Å². The zero-order valence-corrected chi connectivity index (χ0v) is 30.7. The summed E-state index contributed by atoms with van der Waals surface area (Å²) in [7, 11) is 0. The molecule has 2 N–H and O–H groups in total. The van der Waals surface area contributed by atoms with E-state index in [1.807, 2.05) is 0 Å². The van der Waals surface area contributed by atoms with Crippen LogP contribution in [-0.2, 0) is 13.1 Å². The van der Waals surface area contributed by atoms with Crippen molar-refractivity contribution in [1.82, 2.24) is 0 Å². The van der Waals surface area contributed by atoms with Crippen molar-refractivity contribution in [2.75, 3.05) is 10.6 Å². The van der Waals surface area contributed by atoms with E-state index in [0.717, 1.165) is 25.9 Å². The van der Waals surface area contributed by atoms with Crippen molar-refractivity contribution in [3.05, 3.63) is 145 Å². The van der Waals surface area contributed by atoms with E-state index in [9.17, 15) is 0 Å². The second-order valence-electron chi connectivity index (χ2n) is 12.6. The number of aromatic nitrogens is 2. The molecule has 0 fully saturated rings. The van der Waals surface area contributed by atoms with Gasteiger partial charge in [0.1, 0.15) is 0 Å². The predicted molar refractivity (Wildman–Crippen MR) is 209 cm³/mol. The Kier molecular flexibility index (Phi) is 12.5. The van der Waals surface area contributed by atoms with Gasteiger partial charge in [0.25, 0.3) is 0 Å². The molecule has 2 unspecified atom stereocenters. The molecule has 0 radical (unpaired) electrons. The third-order valence-electron chi connectivity index (χ3n) is 9.03. The number of alkyl halides is 2. The summed E-state index contributed by atoms with van der Waals surface area (Å²) in [5.41, 5.74) is 7.48. The Morgan fingerprint density at radius 3 is 1.25 bits per heavy atom. The average molecular weight is 767 g/mol. The van der Waals surface area contributed by atoms with E-state index >= 15 is 0 Å². The molecule has 4 nitrogen and oxygen atoms in total. The first-order chi connectivity index (χ1) is 23.6. The van der Waals surface area contributed by atoms with E-state index in [-0.39, 0.29) is 9.90 Å². The van der Waals surface area contributed by atoms with Crippen LogP contribution < -0.4 is 19.8 Å². The molecule has 48 heavy (non-hydrogen) atoms. The van der Waals surface area contributed by atoms with Crippen molar-refractivity contribution >= 4 is 65.0 Å². The first-order valence-electron chi connectivity index (χ1n) is 17.4. The maximum atomic E-state index is 3.91. The SMILES string of the molecule is BrC(CCCCCCCCC(Br)Nc1cc[n+](Cc2ccccc2)c2ccccc12)Nc1cc[n+](Cc2ccccc2)c2ccccc12. The minimum Gasteiger partial charge on any atom is -0.372 e. The summed E-state index contributed by atoms with van der Waals surface area (Å²) in [6, 6.07) is 43.1. The summed E-state index contributed by atoms with van der Waals surface area (Å²) < 4.78 is 4.66. The molecule has 0 aliphatic heterocycles. The van der Waals surface area contributed by atoms with Crippen molar-refractivity contribution in [1.29, 1.82) is 0 Å². The van der Waals surface area contributed by atoms with Crippen LogP contribution in [0.2, 0.25) is 0 Å². The molecule has 6 aromatic rings. The van der Waals surface area contributed by atoms with Crippen LogP contribution in [0.1, 0.15) is 62.5 Å². The first kappa shape index (κ1) is 34.1. The molecule has 6 heteroatoms. The summed E-state index contributed by atoms with van der Waals surface area (Å²) in [4.78, 5) is 0.515. The fourth-order valence-electron chi connectivity index (χ4n) is 6.50.